The second kappa shape index (κ2) is 8.78. The van der Waals surface area contributed by atoms with Crippen molar-refractivity contribution >= 4 is 34.8 Å². The fourth-order valence-corrected chi connectivity index (χ4v) is 3.75. The Bertz CT molecular complexity index is 1210. The number of anilines is 3. The van der Waals surface area contributed by atoms with E-state index in [1.165, 1.54) is 4.90 Å². The number of carbonyl (C=O) groups excluding carboxylic acids is 3. The molecule has 0 spiro atoms. The normalized spacial score (nSPS) is 15.1. The first-order valence-corrected chi connectivity index (χ1v) is 10.7. The highest BCUT2D eigenvalue weighted by Crippen LogP contribution is 2.37. The van der Waals surface area contributed by atoms with Crippen LogP contribution in [0.15, 0.2) is 78.9 Å². The summed E-state index contributed by atoms with van der Waals surface area (Å²) >= 11 is 0. The van der Waals surface area contributed by atoms with Crippen LogP contribution in [0.5, 0.6) is 5.75 Å². The molecule has 0 aromatic heterocycles. The van der Waals surface area contributed by atoms with Gasteiger partial charge in [0.1, 0.15) is 11.3 Å². The molecule has 3 aromatic rings. The number of fused-ring (bicyclic) bond motifs is 1. The maximum absolute atomic E-state index is 13.5. The van der Waals surface area contributed by atoms with E-state index in [4.69, 9.17) is 4.74 Å². The van der Waals surface area contributed by atoms with Crippen LogP contribution in [0.2, 0.25) is 0 Å². The van der Waals surface area contributed by atoms with Gasteiger partial charge in [-0.15, -0.1) is 0 Å². The third-order valence-electron chi connectivity index (χ3n) is 5.54. The molecule has 3 aromatic carbocycles. The van der Waals surface area contributed by atoms with E-state index in [9.17, 15) is 14.4 Å². The molecule has 0 radical (unpaired) electrons. The molecule has 33 heavy (non-hydrogen) atoms. The Morgan fingerprint density at radius 3 is 2.33 bits per heavy atom. The third kappa shape index (κ3) is 4.30. The van der Waals surface area contributed by atoms with Gasteiger partial charge in [-0.1, -0.05) is 42.5 Å². The highest BCUT2D eigenvalue weighted by atomic mass is 16.5. The van der Waals surface area contributed by atoms with Crippen molar-refractivity contribution < 1.29 is 19.1 Å². The number of carbonyl (C=O) groups is 3. The van der Waals surface area contributed by atoms with Gasteiger partial charge in [0, 0.05) is 5.69 Å². The monoisotopic (exact) mass is 443 g/mol. The van der Waals surface area contributed by atoms with Gasteiger partial charge in [-0.05, 0) is 57.2 Å². The van der Waals surface area contributed by atoms with Crippen molar-refractivity contribution in [3.05, 3.63) is 84.4 Å². The van der Waals surface area contributed by atoms with E-state index >= 15 is 0 Å². The van der Waals surface area contributed by atoms with Crippen LogP contribution in [0.25, 0.3) is 0 Å². The molecule has 1 aliphatic rings. The van der Waals surface area contributed by atoms with Crippen LogP contribution in [0, 0.1) is 0 Å². The molecule has 7 heteroatoms. The Labute approximate surface area is 192 Å². The second-order valence-electron chi connectivity index (χ2n) is 8.28. The Morgan fingerprint density at radius 1 is 0.939 bits per heavy atom. The maximum atomic E-state index is 13.5. The van der Waals surface area contributed by atoms with Crippen molar-refractivity contribution in [1.82, 2.24) is 0 Å². The van der Waals surface area contributed by atoms with Crippen molar-refractivity contribution in [3.63, 3.8) is 0 Å². The predicted octanol–water partition coefficient (Wildman–Crippen LogP) is 4.47. The summed E-state index contributed by atoms with van der Waals surface area (Å²) in [6.07, 6.45) is -0.950. The van der Waals surface area contributed by atoms with E-state index in [0.717, 1.165) is 0 Å². The SMILES string of the molecule is C[C@H](Oc1ccccc1C(=O)Nc1ccccc1)C(=O)N1c2ccccc2NC(=O)C1(C)C. The van der Waals surface area contributed by atoms with Gasteiger partial charge < -0.3 is 15.4 Å². The molecule has 3 amide bonds. The third-order valence-corrected chi connectivity index (χ3v) is 5.54. The quantitative estimate of drug-likeness (QED) is 0.609. The lowest BCUT2D eigenvalue weighted by atomic mass is 9.95. The van der Waals surface area contributed by atoms with Gasteiger partial charge in [-0.3, -0.25) is 19.3 Å². The zero-order chi connectivity index (χ0) is 23.6. The molecule has 0 saturated carbocycles. The summed E-state index contributed by atoms with van der Waals surface area (Å²) in [5.74, 6) is -0.747. The molecule has 7 nitrogen and oxygen atoms in total. The summed E-state index contributed by atoms with van der Waals surface area (Å²) in [5.41, 5.74) is 0.992. The summed E-state index contributed by atoms with van der Waals surface area (Å²) in [5, 5.41) is 5.67. The van der Waals surface area contributed by atoms with Crippen LogP contribution in [0.1, 0.15) is 31.1 Å². The molecule has 1 atom stereocenters. The number of hydrogen-bond donors (Lipinski definition) is 2. The number of nitrogens with one attached hydrogen (secondary N) is 2. The number of hydrogen-bond acceptors (Lipinski definition) is 4. The summed E-state index contributed by atoms with van der Waals surface area (Å²) < 4.78 is 5.98. The van der Waals surface area contributed by atoms with Crippen molar-refractivity contribution in [2.24, 2.45) is 0 Å². The first-order chi connectivity index (χ1) is 15.8. The van der Waals surface area contributed by atoms with E-state index in [0.29, 0.717) is 22.6 Å². The molecular weight excluding hydrogens is 418 g/mol. The summed E-state index contributed by atoms with van der Waals surface area (Å²) in [4.78, 5) is 40.5. The number of benzene rings is 3. The lowest BCUT2D eigenvalue weighted by Crippen LogP contribution is -2.60. The lowest BCUT2D eigenvalue weighted by molar-refractivity contribution is -0.130. The summed E-state index contributed by atoms with van der Waals surface area (Å²) in [6.45, 7) is 4.98. The van der Waals surface area contributed by atoms with Crippen LogP contribution in [-0.4, -0.2) is 29.4 Å². The molecular formula is C26H25N3O4. The number of amides is 3. The molecule has 2 N–H and O–H groups in total. The minimum absolute atomic E-state index is 0.277. The zero-order valence-electron chi connectivity index (χ0n) is 18.7. The van der Waals surface area contributed by atoms with E-state index < -0.39 is 11.6 Å². The smallest absolute Gasteiger partial charge is 0.268 e. The zero-order valence-corrected chi connectivity index (χ0v) is 18.7. The fourth-order valence-electron chi connectivity index (χ4n) is 3.75. The second-order valence-corrected chi connectivity index (χ2v) is 8.28. The molecule has 4 rings (SSSR count). The van der Waals surface area contributed by atoms with Crippen molar-refractivity contribution in [2.75, 3.05) is 15.5 Å². The Hall–Kier alpha value is -4.13. The molecule has 0 unspecified atom stereocenters. The Morgan fingerprint density at radius 2 is 1.58 bits per heavy atom. The van der Waals surface area contributed by atoms with E-state index in [2.05, 4.69) is 10.6 Å². The van der Waals surface area contributed by atoms with E-state index in [1.54, 1.807) is 81.4 Å². The maximum Gasteiger partial charge on any atom is 0.268 e. The molecule has 0 fully saturated rings. The fraction of sp³-hybridized carbons (Fsp3) is 0.192. The van der Waals surface area contributed by atoms with Gasteiger partial charge in [0.25, 0.3) is 11.8 Å². The average Bonchev–Trinajstić information content (AvgIpc) is 2.80. The molecule has 1 heterocycles. The molecule has 0 saturated heterocycles. The average molecular weight is 444 g/mol. The summed E-state index contributed by atoms with van der Waals surface area (Å²) in [7, 11) is 0. The minimum atomic E-state index is -1.12. The summed E-state index contributed by atoms with van der Waals surface area (Å²) in [6, 6.07) is 23.0. The van der Waals surface area contributed by atoms with Crippen molar-refractivity contribution in [3.8, 4) is 5.75 Å². The molecule has 0 aliphatic carbocycles. The van der Waals surface area contributed by atoms with Crippen LogP contribution >= 0.6 is 0 Å². The van der Waals surface area contributed by atoms with E-state index in [-0.39, 0.29) is 23.5 Å². The van der Waals surface area contributed by atoms with Crippen LogP contribution < -0.4 is 20.3 Å². The Kier molecular flexibility index (Phi) is 5.87. The van der Waals surface area contributed by atoms with Gasteiger partial charge in [-0.2, -0.15) is 0 Å². The molecule has 168 valence electrons. The van der Waals surface area contributed by atoms with Crippen LogP contribution in [-0.2, 0) is 9.59 Å². The van der Waals surface area contributed by atoms with Gasteiger partial charge in [0.15, 0.2) is 6.10 Å². The lowest BCUT2D eigenvalue weighted by Gasteiger charge is -2.42. The largest absolute Gasteiger partial charge is 0.480 e. The van der Waals surface area contributed by atoms with Crippen LogP contribution in [0.4, 0.5) is 17.1 Å². The van der Waals surface area contributed by atoms with E-state index in [1.807, 2.05) is 18.2 Å². The number of rotatable bonds is 5. The standard InChI is InChI=1S/C26H25N3O4/c1-17(24(31)29-21-15-9-8-14-20(21)28-25(32)26(29,2)3)33-22-16-10-7-13-19(22)23(30)27-18-11-5-4-6-12-18/h4-17H,1-3H3,(H,27,30)(H,28,32)/t17-/m0/s1. The van der Waals surface area contributed by atoms with Gasteiger partial charge in [0.05, 0.1) is 16.9 Å². The van der Waals surface area contributed by atoms with Crippen molar-refractivity contribution in [2.45, 2.75) is 32.4 Å². The van der Waals surface area contributed by atoms with Crippen molar-refractivity contribution in [1.29, 1.82) is 0 Å². The number of ether oxygens (including phenoxy) is 1. The first-order valence-electron chi connectivity index (χ1n) is 10.7. The van der Waals surface area contributed by atoms with Gasteiger partial charge in [-0.25, -0.2) is 0 Å². The molecule has 1 aliphatic heterocycles. The first kappa shape index (κ1) is 22.1. The van der Waals surface area contributed by atoms with Gasteiger partial charge >= 0.3 is 0 Å². The topological polar surface area (TPSA) is 87.7 Å². The Balaban J connectivity index is 1.59. The number of nitrogens with zero attached hydrogens (tertiary/aromatic N) is 1. The number of para-hydroxylation sites is 4. The van der Waals surface area contributed by atoms with Crippen LogP contribution in [0.3, 0.4) is 0 Å². The molecule has 0 bridgehead atoms. The van der Waals surface area contributed by atoms with Gasteiger partial charge in [0.2, 0.25) is 5.91 Å². The minimum Gasteiger partial charge on any atom is -0.480 e. The predicted molar refractivity (Wildman–Crippen MR) is 128 cm³/mol. The highest BCUT2D eigenvalue weighted by molar-refractivity contribution is 6.15. The highest BCUT2D eigenvalue weighted by Gasteiger charge is 2.45.